The molecule has 0 aliphatic rings. The van der Waals surface area contributed by atoms with Gasteiger partial charge < -0.3 is 11.1 Å². The van der Waals surface area contributed by atoms with Gasteiger partial charge in [0.25, 0.3) is 0 Å². The Balaban J connectivity index is 2.80. The molecule has 4 N–H and O–H groups in total. The number of nitrogens with one attached hydrogen (secondary N) is 2. The number of hydrogen-bond donors (Lipinski definition) is 3. The van der Waals surface area contributed by atoms with Crippen molar-refractivity contribution < 1.29 is 13.2 Å². The highest BCUT2D eigenvalue weighted by atomic mass is 32.2. The normalized spacial score (nSPS) is 13.0. The predicted molar refractivity (Wildman–Crippen MR) is 82.2 cm³/mol. The number of carbonyl (C=O) groups is 1. The summed E-state index contributed by atoms with van der Waals surface area (Å²) in [6, 6.07) is 6.84. The van der Waals surface area contributed by atoms with E-state index < -0.39 is 15.9 Å². The maximum atomic E-state index is 12.1. The summed E-state index contributed by atoms with van der Waals surface area (Å²) >= 11 is 0. The van der Waals surface area contributed by atoms with Crippen LogP contribution in [0.15, 0.2) is 29.2 Å². The summed E-state index contributed by atoms with van der Waals surface area (Å²) in [4.78, 5) is 10.8. The Morgan fingerprint density at radius 3 is 2.67 bits per heavy atom. The third-order valence-corrected chi connectivity index (χ3v) is 4.49. The fraction of sp³-hybridized carbons (Fsp3) is 0.500. The van der Waals surface area contributed by atoms with Gasteiger partial charge in [-0.1, -0.05) is 19.1 Å². The second-order valence-corrected chi connectivity index (χ2v) is 6.63. The van der Waals surface area contributed by atoms with Gasteiger partial charge in [-0.25, -0.2) is 13.1 Å². The van der Waals surface area contributed by atoms with Crippen LogP contribution in [0, 0.1) is 0 Å². The summed E-state index contributed by atoms with van der Waals surface area (Å²) in [6.45, 7) is 4.94. The van der Waals surface area contributed by atoms with Crippen LogP contribution in [0.4, 0.5) is 0 Å². The maximum Gasteiger partial charge on any atom is 0.240 e. The lowest BCUT2D eigenvalue weighted by Gasteiger charge is -2.15. The first-order valence-electron chi connectivity index (χ1n) is 6.98. The lowest BCUT2D eigenvalue weighted by molar-refractivity contribution is -0.117. The van der Waals surface area contributed by atoms with Crippen molar-refractivity contribution in [3.8, 4) is 0 Å². The number of benzene rings is 1. The topological polar surface area (TPSA) is 101 Å². The minimum absolute atomic E-state index is 0.00549. The maximum absolute atomic E-state index is 12.1. The van der Waals surface area contributed by atoms with E-state index in [0.717, 1.165) is 18.5 Å². The highest BCUT2D eigenvalue weighted by Crippen LogP contribution is 2.17. The van der Waals surface area contributed by atoms with Gasteiger partial charge in [0.1, 0.15) is 0 Å². The van der Waals surface area contributed by atoms with Gasteiger partial charge in [0, 0.05) is 19.0 Å². The monoisotopic (exact) mass is 313 g/mol. The van der Waals surface area contributed by atoms with Gasteiger partial charge in [0.05, 0.1) is 4.90 Å². The zero-order valence-corrected chi connectivity index (χ0v) is 13.2. The second-order valence-electron chi connectivity index (χ2n) is 4.86. The zero-order chi connectivity index (χ0) is 15.9. The molecule has 0 saturated heterocycles. The third kappa shape index (κ3) is 5.82. The van der Waals surface area contributed by atoms with Crippen molar-refractivity contribution in [1.82, 2.24) is 10.0 Å². The molecule has 0 aromatic heterocycles. The molecule has 0 aliphatic heterocycles. The number of primary amides is 1. The Hall–Kier alpha value is -1.44. The summed E-state index contributed by atoms with van der Waals surface area (Å²) in [7, 11) is -3.62. The Bertz CT molecular complexity index is 573. The average molecular weight is 313 g/mol. The standard InChI is InChI=1S/C14H23N3O3S/c1-3-8-16-11(2)12-5-4-6-13(10-12)21(19,20)17-9-7-14(15)18/h4-6,10-11,16-17H,3,7-9H2,1-2H3,(H2,15,18). The minimum atomic E-state index is -3.62. The van der Waals surface area contributed by atoms with Gasteiger partial charge in [-0.2, -0.15) is 0 Å². The van der Waals surface area contributed by atoms with E-state index in [2.05, 4.69) is 17.0 Å². The first kappa shape index (κ1) is 17.6. The summed E-state index contributed by atoms with van der Waals surface area (Å²) < 4.78 is 26.6. The molecule has 0 saturated carbocycles. The lowest BCUT2D eigenvalue weighted by Crippen LogP contribution is -2.28. The Morgan fingerprint density at radius 2 is 2.05 bits per heavy atom. The molecule has 0 radical (unpaired) electrons. The Kier molecular flexibility index (Phi) is 6.80. The van der Waals surface area contributed by atoms with Crippen molar-refractivity contribution in [2.45, 2.75) is 37.6 Å². The van der Waals surface area contributed by atoms with Crippen LogP contribution < -0.4 is 15.8 Å². The molecule has 0 fully saturated rings. The highest BCUT2D eigenvalue weighted by molar-refractivity contribution is 7.89. The third-order valence-electron chi connectivity index (χ3n) is 3.03. The van der Waals surface area contributed by atoms with Gasteiger partial charge in [0.2, 0.25) is 15.9 Å². The number of rotatable bonds is 9. The number of carbonyl (C=O) groups excluding carboxylic acids is 1. The van der Waals surface area contributed by atoms with Crippen molar-refractivity contribution in [1.29, 1.82) is 0 Å². The van der Waals surface area contributed by atoms with E-state index in [9.17, 15) is 13.2 Å². The van der Waals surface area contributed by atoms with E-state index in [-0.39, 0.29) is 23.9 Å². The SMILES string of the molecule is CCCNC(C)c1cccc(S(=O)(=O)NCCC(N)=O)c1. The predicted octanol–water partition coefficient (Wildman–Crippen LogP) is 0.901. The molecule has 1 atom stereocenters. The van der Waals surface area contributed by atoms with Gasteiger partial charge in [-0.05, 0) is 37.6 Å². The molecule has 6 nitrogen and oxygen atoms in total. The summed E-state index contributed by atoms with van der Waals surface area (Å²) in [6.07, 6.45) is 0.990. The van der Waals surface area contributed by atoms with Crippen LogP contribution in [0.25, 0.3) is 0 Å². The molecule has 1 aromatic carbocycles. The zero-order valence-electron chi connectivity index (χ0n) is 12.4. The summed E-state index contributed by atoms with van der Waals surface area (Å²) in [5.41, 5.74) is 5.89. The molecule has 21 heavy (non-hydrogen) atoms. The number of amides is 1. The first-order valence-corrected chi connectivity index (χ1v) is 8.46. The second kappa shape index (κ2) is 8.11. The van der Waals surface area contributed by atoms with Crippen LogP contribution in [0.1, 0.15) is 38.3 Å². The van der Waals surface area contributed by atoms with E-state index >= 15 is 0 Å². The Labute approximate surface area is 126 Å². The van der Waals surface area contributed by atoms with Gasteiger partial charge >= 0.3 is 0 Å². The smallest absolute Gasteiger partial charge is 0.240 e. The minimum Gasteiger partial charge on any atom is -0.370 e. The van der Waals surface area contributed by atoms with E-state index in [1.807, 2.05) is 13.0 Å². The molecule has 1 aromatic rings. The molecule has 118 valence electrons. The molecule has 1 unspecified atom stereocenters. The molecule has 0 aliphatic carbocycles. The van der Waals surface area contributed by atoms with Gasteiger partial charge in [-0.15, -0.1) is 0 Å². The fourth-order valence-corrected chi connectivity index (χ4v) is 2.91. The summed E-state index contributed by atoms with van der Waals surface area (Å²) in [5.74, 6) is -0.538. The molecular formula is C14H23N3O3S. The van der Waals surface area contributed by atoms with E-state index in [1.54, 1.807) is 12.1 Å². The summed E-state index contributed by atoms with van der Waals surface area (Å²) in [5, 5.41) is 3.31. The molecule has 0 spiro atoms. The van der Waals surface area contributed by atoms with Crippen molar-refractivity contribution in [3.63, 3.8) is 0 Å². The molecule has 1 rings (SSSR count). The van der Waals surface area contributed by atoms with Crippen LogP contribution in [-0.2, 0) is 14.8 Å². The molecule has 7 heteroatoms. The van der Waals surface area contributed by atoms with Gasteiger partial charge in [-0.3, -0.25) is 4.79 Å². The number of hydrogen-bond acceptors (Lipinski definition) is 4. The number of sulfonamides is 1. The van der Waals surface area contributed by atoms with Crippen LogP contribution in [0.3, 0.4) is 0 Å². The van der Waals surface area contributed by atoms with Crippen molar-refractivity contribution in [2.24, 2.45) is 5.73 Å². The van der Waals surface area contributed by atoms with Crippen LogP contribution in [0.5, 0.6) is 0 Å². The van der Waals surface area contributed by atoms with Crippen LogP contribution in [0.2, 0.25) is 0 Å². The van der Waals surface area contributed by atoms with Crippen LogP contribution >= 0.6 is 0 Å². The van der Waals surface area contributed by atoms with E-state index in [0.29, 0.717) is 0 Å². The van der Waals surface area contributed by atoms with Crippen molar-refractivity contribution in [3.05, 3.63) is 29.8 Å². The average Bonchev–Trinajstić information content (AvgIpc) is 2.44. The number of nitrogens with two attached hydrogens (primary N) is 1. The highest BCUT2D eigenvalue weighted by Gasteiger charge is 2.15. The largest absolute Gasteiger partial charge is 0.370 e. The van der Waals surface area contributed by atoms with E-state index in [4.69, 9.17) is 5.73 Å². The molecule has 0 bridgehead atoms. The fourth-order valence-electron chi connectivity index (χ4n) is 1.82. The van der Waals surface area contributed by atoms with Crippen molar-refractivity contribution >= 4 is 15.9 Å². The van der Waals surface area contributed by atoms with E-state index in [1.165, 1.54) is 6.07 Å². The van der Waals surface area contributed by atoms with Crippen LogP contribution in [-0.4, -0.2) is 27.4 Å². The van der Waals surface area contributed by atoms with Crippen molar-refractivity contribution in [2.75, 3.05) is 13.1 Å². The first-order chi connectivity index (χ1) is 9.86. The lowest BCUT2D eigenvalue weighted by atomic mass is 10.1. The molecule has 0 heterocycles. The van der Waals surface area contributed by atoms with Gasteiger partial charge in [0.15, 0.2) is 0 Å². The molecular weight excluding hydrogens is 290 g/mol. The Morgan fingerprint density at radius 1 is 1.33 bits per heavy atom. The molecule has 1 amide bonds. The quantitative estimate of drug-likeness (QED) is 0.630.